The van der Waals surface area contributed by atoms with Gasteiger partial charge in [-0.05, 0) is 52.3 Å². The lowest BCUT2D eigenvalue weighted by molar-refractivity contribution is 0.304. The molecule has 94 valence electrons. The summed E-state index contributed by atoms with van der Waals surface area (Å²) < 4.78 is 19.4. The summed E-state index contributed by atoms with van der Waals surface area (Å²) in [4.78, 5) is 0. The van der Waals surface area contributed by atoms with Crippen LogP contribution in [0.3, 0.4) is 0 Å². The van der Waals surface area contributed by atoms with Gasteiger partial charge in [0.05, 0.1) is 4.47 Å². The monoisotopic (exact) mass is 329 g/mol. The van der Waals surface area contributed by atoms with E-state index in [0.717, 1.165) is 4.47 Å². The van der Waals surface area contributed by atoms with Crippen molar-refractivity contribution < 1.29 is 9.13 Å². The van der Waals surface area contributed by atoms with Crippen LogP contribution in [-0.4, -0.2) is 0 Å². The van der Waals surface area contributed by atoms with Gasteiger partial charge in [-0.2, -0.15) is 0 Å². The van der Waals surface area contributed by atoms with E-state index < -0.39 is 0 Å². The fourth-order valence-corrected chi connectivity index (χ4v) is 2.24. The van der Waals surface area contributed by atoms with Gasteiger partial charge in [-0.3, -0.25) is 0 Å². The maximum atomic E-state index is 13.1. The Morgan fingerprint density at radius 1 is 1.22 bits per heavy atom. The Hall–Kier alpha value is -1.26. The van der Waals surface area contributed by atoms with Crippen LogP contribution >= 0.6 is 27.5 Å². The van der Waals surface area contributed by atoms with Gasteiger partial charge in [0.2, 0.25) is 0 Å². The Morgan fingerprint density at radius 2 is 2.00 bits per heavy atom. The summed E-state index contributed by atoms with van der Waals surface area (Å²) in [6.45, 7) is 0.198. The molecule has 18 heavy (non-hydrogen) atoms. The van der Waals surface area contributed by atoms with E-state index in [-0.39, 0.29) is 12.4 Å². The third-order valence-corrected chi connectivity index (χ3v) is 3.24. The molecule has 0 unspecified atom stereocenters. The maximum Gasteiger partial charge on any atom is 0.134 e. The second-order valence-corrected chi connectivity index (χ2v) is 5.00. The van der Waals surface area contributed by atoms with E-state index in [0.29, 0.717) is 22.0 Å². The number of hydrogen-bond acceptors (Lipinski definition) is 2. The van der Waals surface area contributed by atoms with E-state index >= 15 is 0 Å². The smallest absolute Gasteiger partial charge is 0.134 e. The average molecular weight is 331 g/mol. The molecule has 0 saturated heterocycles. The van der Waals surface area contributed by atoms with Gasteiger partial charge in [0.1, 0.15) is 18.2 Å². The molecule has 0 aliphatic rings. The lowest BCUT2D eigenvalue weighted by atomic mass is 10.2. The van der Waals surface area contributed by atoms with E-state index in [1.807, 2.05) is 0 Å². The number of nitrogen functional groups attached to an aromatic ring is 1. The van der Waals surface area contributed by atoms with Gasteiger partial charge in [-0.1, -0.05) is 11.6 Å². The quantitative estimate of drug-likeness (QED) is 0.846. The summed E-state index contributed by atoms with van der Waals surface area (Å²) in [6, 6.07) is 9.38. The fraction of sp³-hybridized carbons (Fsp3) is 0.0769. The second kappa shape index (κ2) is 5.59. The Balaban J connectivity index is 2.13. The van der Waals surface area contributed by atoms with Crippen molar-refractivity contribution in [3.8, 4) is 5.75 Å². The van der Waals surface area contributed by atoms with Crippen molar-refractivity contribution >= 4 is 33.2 Å². The van der Waals surface area contributed by atoms with Gasteiger partial charge in [0.15, 0.2) is 0 Å². The number of ether oxygens (including phenoxy) is 1. The zero-order chi connectivity index (χ0) is 13.1. The molecular formula is C13H10BrClFNO. The van der Waals surface area contributed by atoms with Crippen LogP contribution in [0.25, 0.3) is 0 Å². The molecule has 2 rings (SSSR count). The average Bonchev–Trinajstić information content (AvgIpc) is 2.32. The molecule has 0 aliphatic carbocycles. The lowest BCUT2D eigenvalue weighted by Crippen LogP contribution is -2.01. The van der Waals surface area contributed by atoms with Crippen molar-refractivity contribution in [2.75, 3.05) is 5.73 Å². The summed E-state index contributed by atoms with van der Waals surface area (Å²) in [5.41, 5.74) is 6.85. The fourth-order valence-electron chi connectivity index (χ4n) is 1.45. The van der Waals surface area contributed by atoms with E-state index in [4.69, 9.17) is 22.1 Å². The van der Waals surface area contributed by atoms with Crippen LogP contribution in [-0.2, 0) is 6.61 Å². The minimum atomic E-state index is -0.335. The predicted molar refractivity (Wildman–Crippen MR) is 74.3 cm³/mol. The zero-order valence-electron chi connectivity index (χ0n) is 9.29. The molecule has 0 aromatic heterocycles. The predicted octanol–water partition coefficient (Wildman–Crippen LogP) is 4.40. The van der Waals surface area contributed by atoms with Crippen molar-refractivity contribution in [1.29, 1.82) is 0 Å². The zero-order valence-corrected chi connectivity index (χ0v) is 11.6. The maximum absolute atomic E-state index is 13.1. The highest BCUT2D eigenvalue weighted by Crippen LogP contribution is 2.29. The largest absolute Gasteiger partial charge is 0.488 e. The summed E-state index contributed by atoms with van der Waals surface area (Å²) >= 11 is 9.16. The summed E-state index contributed by atoms with van der Waals surface area (Å²) in [5, 5.41) is 0.611. The molecule has 0 amide bonds. The highest BCUT2D eigenvalue weighted by Gasteiger charge is 2.05. The Bertz CT molecular complexity index is 577. The van der Waals surface area contributed by atoms with Crippen LogP contribution in [0, 0.1) is 5.82 Å². The van der Waals surface area contributed by atoms with Gasteiger partial charge in [0, 0.05) is 16.3 Å². The summed E-state index contributed by atoms with van der Waals surface area (Å²) in [6.07, 6.45) is 0. The third kappa shape index (κ3) is 3.15. The van der Waals surface area contributed by atoms with Crippen LogP contribution in [0.15, 0.2) is 40.9 Å². The molecule has 0 aliphatic heterocycles. The van der Waals surface area contributed by atoms with Crippen molar-refractivity contribution in [1.82, 2.24) is 0 Å². The van der Waals surface area contributed by atoms with Crippen molar-refractivity contribution in [2.24, 2.45) is 0 Å². The first kappa shape index (κ1) is 13.2. The molecule has 0 fully saturated rings. The van der Waals surface area contributed by atoms with Crippen LogP contribution in [0.4, 0.5) is 10.1 Å². The first-order valence-corrected chi connectivity index (χ1v) is 6.35. The minimum Gasteiger partial charge on any atom is -0.488 e. The molecule has 2 aromatic rings. The summed E-state index contributed by atoms with van der Waals surface area (Å²) in [5.74, 6) is 0.293. The number of anilines is 1. The Labute approximate surface area is 118 Å². The molecule has 2 aromatic carbocycles. The Kier molecular flexibility index (Phi) is 4.09. The number of halogens is 3. The first-order chi connectivity index (χ1) is 8.56. The number of rotatable bonds is 3. The van der Waals surface area contributed by atoms with Crippen molar-refractivity contribution in [2.45, 2.75) is 6.61 Å². The molecule has 0 spiro atoms. The minimum absolute atomic E-state index is 0.198. The molecule has 0 saturated carbocycles. The highest BCUT2D eigenvalue weighted by molar-refractivity contribution is 9.10. The van der Waals surface area contributed by atoms with E-state index in [1.165, 1.54) is 18.2 Å². The van der Waals surface area contributed by atoms with Crippen molar-refractivity contribution in [3.05, 3.63) is 57.3 Å². The molecule has 0 atom stereocenters. The second-order valence-electron chi connectivity index (χ2n) is 3.71. The normalized spacial score (nSPS) is 10.4. The van der Waals surface area contributed by atoms with Crippen LogP contribution < -0.4 is 10.5 Å². The highest BCUT2D eigenvalue weighted by atomic mass is 79.9. The van der Waals surface area contributed by atoms with Gasteiger partial charge in [-0.15, -0.1) is 0 Å². The molecule has 2 nitrogen and oxygen atoms in total. The van der Waals surface area contributed by atoms with Crippen LogP contribution in [0.1, 0.15) is 5.56 Å². The van der Waals surface area contributed by atoms with E-state index in [1.54, 1.807) is 18.2 Å². The lowest BCUT2D eigenvalue weighted by Gasteiger charge is -2.10. The number of benzene rings is 2. The van der Waals surface area contributed by atoms with Gasteiger partial charge < -0.3 is 10.5 Å². The standard InChI is InChI=1S/C13H10BrClFNO/c14-11-6-9(15)1-4-13(11)18-7-8-5-10(16)2-3-12(8)17/h1-6H,7,17H2. The van der Waals surface area contributed by atoms with E-state index in [9.17, 15) is 4.39 Å². The molecule has 2 N–H and O–H groups in total. The van der Waals surface area contributed by atoms with Crippen molar-refractivity contribution in [3.63, 3.8) is 0 Å². The third-order valence-electron chi connectivity index (χ3n) is 2.38. The van der Waals surface area contributed by atoms with Crippen LogP contribution in [0.5, 0.6) is 5.75 Å². The molecule has 0 bridgehead atoms. The van der Waals surface area contributed by atoms with Gasteiger partial charge in [0.25, 0.3) is 0 Å². The first-order valence-electron chi connectivity index (χ1n) is 5.18. The van der Waals surface area contributed by atoms with Gasteiger partial charge >= 0.3 is 0 Å². The number of nitrogens with two attached hydrogens (primary N) is 1. The molecule has 5 heteroatoms. The van der Waals surface area contributed by atoms with Gasteiger partial charge in [-0.25, -0.2) is 4.39 Å². The number of hydrogen-bond donors (Lipinski definition) is 1. The van der Waals surface area contributed by atoms with E-state index in [2.05, 4.69) is 15.9 Å². The molecular weight excluding hydrogens is 321 g/mol. The summed E-state index contributed by atoms with van der Waals surface area (Å²) in [7, 11) is 0. The Morgan fingerprint density at radius 3 is 2.72 bits per heavy atom. The van der Waals surface area contributed by atoms with Crippen LogP contribution in [0.2, 0.25) is 5.02 Å². The molecule has 0 heterocycles. The molecule has 0 radical (unpaired) electrons. The topological polar surface area (TPSA) is 35.2 Å². The SMILES string of the molecule is Nc1ccc(F)cc1COc1ccc(Cl)cc1Br.